The number of aryl methyl sites for hydroxylation is 2. The predicted molar refractivity (Wildman–Crippen MR) is 125 cm³/mol. The molecule has 1 aromatic carbocycles. The number of likely N-dealkylation sites (N-methyl/N-ethyl adjacent to an activating group) is 1. The van der Waals surface area contributed by atoms with E-state index in [0.717, 1.165) is 50.1 Å². The maximum Gasteiger partial charge on any atom is 0.191 e. The molecule has 1 aromatic heterocycles. The summed E-state index contributed by atoms with van der Waals surface area (Å²) >= 11 is 0. The van der Waals surface area contributed by atoms with Crippen LogP contribution in [0.15, 0.2) is 35.6 Å². The lowest BCUT2D eigenvalue weighted by Crippen LogP contribution is -2.42. The van der Waals surface area contributed by atoms with E-state index < -0.39 is 0 Å². The lowest BCUT2D eigenvalue weighted by molar-refractivity contribution is 0.272. The molecule has 0 spiro atoms. The maximum absolute atomic E-state index is 5.84. The van der Waals surface area contributed by atoms with Crippen molar-refractivity contribution in [3.05, 3.63) is 42.0 Å². The van der Waals surface area contributed by atoms with Crippen molar-refractivity contribution in [1.29, 1.82) is 0 Å². The van der Waals surface area contributed by atoms with Crippen LogP contribution in [0.1, 0.15) is 38.1 Å². The minimum Gasteiger partial charge on any atom is -0.492 e. The Morgan fingerprint density at radius 1 is 1.19 bits per heavy atom. The first-order chi connectivity index (χ1) is 15.2. The van der Waals surface area contributed by atoms with Crippen molar-refractivity contribution in [1.82, 2.24) is 30.3 Å². The first-order valence-electron chi connectivity index (χ1n) is 11.5. The van der Waals surface area contributed by atoms with Crippen LogP contribution in [0.2, 0.25) is 0 Å². The fourth-order valence-corrected chi connectivity index (χ4v) is 3.90. The van der Waals surface area contributed by atoms with Crippen LogP contribution in [0, 0.1) is 6.92 Å². The molecule has 1 aliphatic heterocycles. The van der Waals surface area contributed by atoms with E-state index in [4.69, 9.17) is 9.73 Å². The highest BCUT2D eigenvalue weighted by Gasteiger charge is 2.22. The molecule has 0 amide bonds. The minimum absolute atomic E-state index is 0.539. The Hall–Kier alpha value is -2.61. The summed E-state index contributed by atoms with van der Waals surface area (Å²) < 4.78 is 7.93. The van der Waals surface area contributed by atoms with Gasteiger partial charge in [0.05, 0.1) is 13.1 Å². The second kappa shape index (κ2) is 12.3. The van der Waals surface area contributed by atoms with Crippen LogP contribution in [0.25, 0.3) is 0 Å². The summed E-state index contributed by atoms with van der Waals surface area (Å²) in [4.78, 5) is 7.40. The zero-order valence-corrected chi connectivity index (χ0v) is 19.2. The van der Waals surface area contributed by atoms with E-state index in [1.165, 1.54) is 24.9 Å². The van der Waals surface area contributed by atoms with Crippen LogP contribution in [-0.2, 0) is 13.0 Å². The SMILES string of the molecule is CCc1nncn1CCNC(=NCC1CCCN1CC)NCCOc1ccc(C)cc1. The number of benzene rings is 1. The minimum atomic E-state index is 0.539. The standard InChI is InChI=1S/C23H37N7O/c1-4-22-28-27-18-30(22)15-12-24-23(26-17-20-7-6-14-29(20)5-2)25-13-16-31-21-10-8-19(3)9-11-21/h8-11,18,20H,4-7,12-17H2,1-3H3,(H2,24,25,26). The van der Waals surface area contributed by atoms with E-state index in [9.17, 15) is 0 Å². The van der Waals surface area contributed by atoms with Crippen LogP contribution in [0.3, 0.4) is 0 Å². The molecule has 0 bridgehead atoms. The van der Waals surface area contributed by atoms with Gasteiger partial charge in [-0.15, -0.1) is 10.2 Å². The Morgan fingerprint density at radius 3 is 2.77 bits per heavy atom. The quantitative estimate of drug-likeness (QED) is 0.325. The molecule has 1 unspecified atom stereocenters. The van der Waals surface area contributed by atoms with E-state index in [2.05, 4.69) is 63.2 Å². The molecular weight excluding hydrogens is 390 g/mol. The van der Waals surface area contributed by atoms with Gasteiger partial charge in [0, 0.05) is 25.6 Å². The second-order valence-corrected chi connectivity index (χ2v) is 7.92. The monoisotopic (exact) mass is 427 g/mol. The van der Waals surface area contributed by atoms with Gasteiger partial charge < -0.3 is 19.9 Å². The lowest BCUT2D eigenvalue weighted by Gasteiger charge is -2.21. The van der Waals surface area contributed by atoms with Crippen LogP contribution in [-0.4, -0.2) is 71.0 Å². The molecule has 1 aliphatic rings. The van der Waals surface area contributed by atoms with Gasteiger partial charge in [-0.2, -0.15) is 0 Å². The van der Waals surface area contributed by atoms with Gasteiger partial charge in [0.1, 0.15) is 24.5 Å². The van der Waals surface area contributed by atoms with E-state index in [1.54, 1.807) is 6.33 Å². The fourth-order valence-electron chi connectivity index (χ4n) is 3.90. The number of likely N-dealkylation sites (tertiary alicyclic amines) is 1. The van der Waals surface area contributed by atoms with E-state index in [-0.39, 0.29) is 0 Å². The van der Waals surface area contributed by atoms with Gasteiger partial charge >= 0.3 is 0 Å². The second-order valence-electron chi connectivity index (χ2n) is 7.92. The zero-order chi connectivity index (χ0) is 21.9. The lowest BCUT2D eigenvalue weighted by atomic mass is 10.2. The first kappa shape index (κ1) is 23.1. The molecule has 31 heavy (non-hydrogen) atoms. The van der Waals surface area contributed by atoms with Gasteiger partial charge in [-0.05, 0) is 45.0 Å². The molecule has 8 nitrogen and oxygen atoms in total. The Kier molecular flexibility index (Phi) is 9.15. The van der Waals surface area contributed by atoms with E-state index in [0.29, 0.717) is 19.2 Å². The van der Waals surface area contributed by atoms with E-state index in [1.807, 2.05) is 12.1 Å². The Bertz CT molecular complexity index is 803. The van der Waals surface area contributed by atoms with Gasteiger partial charge in [-0.3, -0.25) is 9.89 Å². The van der Waals surface area contributed by atoms with Crippen molar-refractivity contribution in [2.75, 3.05) is 39.3 Å². The number of guanidine groups is 1. The molecule has 2 N–H and O–H groups in total. The molecule has 1 fully saturated rings. The van der Waals surface area contributed by atoms with Crippen LogP contribution < -0.4 is 15.4 Å². The highest BCUT2D eigenvalue weighted by atomic mass is 16.5. The van der Waals surface area contributed by atoms with Crippen molar-refractivity contribution >= 4 is 5.96 Å². The van der Waals surface area contributed by atoms with Crippen LogP contribution in [0.4, 0.5) is 0 Å². The Labute approximate surface area is 186 Å². The van der Waals surface area contributed by atoms with Crippen molar-refractivity contribution in [2.24, 2.45) is 4.99 Å². The number of ether oxygens (including phenoxy) is 1. The third kappa shape index (κ3) is 7.24. The predicted octanol–water partition coefficient (Wildman–Crippen LogP) is 2.25. The average molecular weight is 428 g/mol. The summed E-state index contributed by atoms with van der Waals surface area (Å²) in [6, 6.07) is 8.68. The average Bonchev–Trinajstić information content (AvgIpc) is 3.44. The number of aromatic nitrogens is 3. The molecule has 3 rings (SSSR count). The molecule has 2 aromatic rings. The van der Waals surface area contributed by atoms with Gasteiger partial charge in [0.15, 0.2) is 5.96 Å². The molecule has 1 atom stereocenters. The number of aliphatic imine (C=N–C) groups is 1. The first-order valence-corrected chi connectivity index (χ1v) is 11.5. The summed E-state index contributed by atoms with van der Waals surface area (Å²) in [7, 11) is 0. The summed E-state index contributed by atoms with van der Waals surface area (Å²) in [6.07, 6.45) is 5.16. The number of rotatable bonds is 11. The third-order valence-electron chi connectivity index (χ3n) is 5.71. The molecule has 0 radical (unpaired) electrons. The number of hydrogen-bond donors (Lipinski definition) is 2. The Balaban J connectivity index is 1.50. The molecular formula is C23H37N7O. The smallest absolute Gasteiger partial charge is 0.191 e. The van der Waals surface area contributed by atoms with Gasteiger partial charge in [0.2, 0.25) is 0 Å². The highest BCUT2D eigenvalue weighted by molar-refractivity contribution is 5.79. The van der Waals surface area contributed by atoms with Crippen molar-refractivity contribution in [3.8, 4) is 5.75 Å². The summed E-state index contributed by atoms with van der Waals surface area (Å²) in [5.74, 6) is 2.73. The topological polar surface area (TPSA) is 79.6 Å². The zero-order valence-electron chi connectivity index (χ0n) is 19.2. The normalized spacial score (nSPS) is 17.1. The maximum atomic E-state index is 5.84. The van der Waals surface area contributed by atoms with Crippen molar-refractivity contribution < 1.29 is 4.74 Å². The number of nitrogens with zero attached hydrogens (tertiary/aromatic N) is 5. The fraction of sp³-hybridized carbons (Fsp3) is 0.609. The third-order valence-corrected chi connectivity index (χ3v) is 5.71. The van der Waals surface area contributed by atoms with Gasteiger partial charge in [-0.1, -0.05) is 31.5 Å². The molecule has 2 heterocycles. The molecule has 8 heteroatoms. The van der Waals surface area contributed by atoms with Crippen molar-refractivity contribution in [3.63, 3.8) is 0 Å². The van der Waals surface area contributed by atoms with E-state index >= 15 is 0 Å². The number of hydrogen-bond acceptors (Lipinski definition) is 5. The van der Waals surface area contributed by atoms with Gasteiger partial charge in [0.25, 0.3) is 0 Å². The Morgan fingerprint density at radius 2 is 2.00 bits per heavy atom. The largest absolute Gasteiger partial charge is 0.492 e. The molecule has 0 saturated carbocycles. The summed E-state index contributed by atoms with van der Waals surface area (Å²) in [6.45, 7) is 12.3. The number of nitrogens with one attached hydrogen (secondary N) is 2. The highest BCUT2D eigenvalue weighted by Crippen LogP contribution is 2.16. The molecule has 0 aliphatic carbocycles. The summed E-state index contributed by atoms with van der Waals surface area (Å²) in [5, 5.41) is 15.0. The molecule has 170 valence electrons. The van der Waals surface area contributed by atoms with Gasteiger partial charge in [-0.25, -0.2) is 0 Å². The molecule has 1 saturated heterocycles. The van der Waals surface area contributed by atoms with Crippen LogP contribution >= 0.6 is 0 Å². The van der Waals surface area contributed by atoms with Crippen LogP contribution in [0.5, 0.6) is 5.75 Å². The summed E-state index contributed by atoms with van der Waals surface area (Å²) in [5.41, 5.74) is 1.23. The van der Waals surface area contributed by atoms with Crippen molar-refractivity contribution in [2.45, 2.75) is 52.6 Å².